The minimum atomic E-state index is -0.833. The van der Waals surface area contributed by atoms with Gasteiger partial charge in [0.1, 0.15) is 17.4 Å². The van der Waals surface area contributed by atoms with Gasteiger partial charge in [0.05, 0.1) is 0 Å². The summed E-state index contributed by atoms with van der Waals surface area (Å²) >= 11 is 0. The van der Waals surface area contributed by atoms with Crippen molar-refractivity contribution in [2.75, 3.05) is 0 Å². The first kappa shape index (κ1) is 13.4. The molecular weight excluding hydrogens is 255 g/mol. The molecule has 2 rings (SSSR count). The lowest BCUT2D eigenvalue weighted by atomic mass is 10.1. The molecule has 0 spiro atoms. The summed E-state index contributed by atoms with van der Waals surface area (Å²) < 4.78 is 44.7. The van der Waals surface area contributed by atoms with Crippen molar-refractivity contribution in [1.82, 2.24) is 0 Å². The molecule has 2 nitrogen and oxygen atoms in total. The maximum atomic E-state index is 13.5. The molecule has 0 aromatic heterocycles. The molecular formula is C14H12F3NO. The summed E-state index contributed by atoms with van der Waals surface area (Å²) in [6, 6.07) is 6.24. The molecule has 0 aliphatic carbocycles. The maximum absolute atomic E-state index is 13.5. The Bertz CT molecular complexity index is 599. The molecule has 0 saturated heterocycles. The Morgan fingerprint density at radius 2 is 1.53 bits per heavy atom. The van der Waals surface area contributed by atoms with Gasteiger partial charge in [-0.25, -0.2) is 13.2 Å². The summed E-state index contributed by atoms with van der Waals surface area (Å²) in [5.74, 6) is -1.90. The van der Waals surface area contributed by atoms with E-state index in [1.165, 1.54) is 24.3 Å². The average molecular weight is 267 g/mol. The quantitative estimate of drug-likeness (QED) is 0.914. The van der Waals surface area contributed by atoms with Crippen molar-refractivity contribution in [3.63, 3.8) is 0 Å². The molecule has 2 aromatic rings. The van der Waals surface area contributed by atoms with Crippen LogP contribution < -0.4 is 10.5 Å². The molecule has 5 heteroatoms. The molecule has 0 aliphatic heterocycles. The number of hydrogen-bond donors (Lipinski definition) is 1. The van der Waals surface area contributed by atoms with Gasteiger partial charge in [-0.2, -0.15) is 0 Å². The van der Waals surface area contributed by atoms with E-state index in [9.17, 15) is 13.2 Å². The van der Waals surface area contributed by atoms with Gasteiger partial charge in [-0.05, 0) is 37.3 Å². The predicted molar refractivity (Wildman–Crippen MR) is 65.4 cm³/mol. The zero-order chi connectivity index (χ0) is 14.0. The molecule has 0 fully saturated rings. The second-order valence-corrected chi connectivity index (χ2v) is 4.15. The highest BCUT2D eigenvalue weighted by atomic mass is 19.1. The van der Waals surface area contributed by atoms with Crippen LogP contribution in [0.25, 0.3) is 0 Å². The number of halogens is 3. The van der Waals surface area contributed by atoms with E-state index < -0.39 is 23.5 Å². The third-order valence-corrected chi connectivity index (χ3v) is 2.58. The van der Waals surface area contributed by atoms with Gasteiger partial charge in [-0.15, -0.1) is 0 Å². The van der Waals surface area contributed by atoms with Crippen LogP contribution in [0.15, 0.2) is 36.4 Å². The lowest BCUT2D eigenvalue weighted by Gasteiger charge is -2.14. The Morgan fingerprint density at radius 1 is 0.947 bits per heavy atom. The Morgan fingerprint density at radius 3 is 2.11 bits per heavy atom. The highest BCUT2D eigenvalue weighted by Crippen LogP contribution is 2.31. The SMILES string of the molecule is C[C@@H](N)c1cc(F)ccc1Oc1ccc(F)cc1F. The first-order valence-corrected chi connectivity index (χ1v) is 5.65. The van der Waals surface area contributed by atoms with Crippen LogP contribution in [0.1, 0.15) is 18.5 Å². The summed E-state index contributed by atoms with van der Waals surface area (Å²) in [6.07, 6.45) is 0. The van der Waals surface area contributed by atoms with Gasteiger partial charge in [0.2, 0.25) is 0 Å². The van der Waals surface area contributed by atoms with E-state index >= 15 is 0 Å². The number of hydrogen-bond acceptors (Lipinski definition) is 2. The topological polar surface area (TPSA) is 35.2 Å². The molecule has 100 valence electrons. The molecule has 0 aliphatic rings. The number of nitrogens with two attached hydrogens (primary N) is 1. The van der Waals surface area contributed by atoms with Gasteiger partial charge < -0.3 is 10.5 Å². The largest absolute Gasteiger partial charge is 0.454 e. The highest BCUT2D eigenvalue weighted by Gasteiger charge is 2.13. The zero-order valence-electron chi connectivity index (χ0n) is 10.2. The molecule has 1 atom stereocenters. The molecule has 0 radical (unpaired) electrons. The van der Waals surface area contributed by atoms with Crippen molar-refractivity contribution in [2.24, 2.45) is 5.73 Å². The van der Waals surface area contributed by atoms with E-state index in [0.29, 0.717) is 11.6 Å². The smallest absolute Gasteiger partial charge is 0.168 e. The summed E-state index contributed by atoms with van der Waals surface area (Å²) in [5, 5.41) is 0. The monoisotopic (exact) mass is 267 g/mol. The van der Waals surface area contributed by atoms with Crippen LogP contribution in [0.3, 0.4) is 0 Å². The van der Waals surface area contributed by atoms with Crippen molar-refractivity contribution in [1.29, 1.82) is 0 Å². The summed E-state index contributed by atoms with van der Waals surface area (Å²) in [4.78, 5) is 0. The van der Waals surface area contributed by atoms with E-state index in [0.717, 1.165) is 6.07 Å². The van der Waals surface area contributed by atoms with Crippen LogP contribution in [-0.4, -0.2) is 0 Å². The van der Waals surface area contributed by atoms with E-state index in [-0.39, 0.29) is 11.5 Å². The van der Waals surface area contributed by atoms with E-state index in [2.05, 4.69) is 0 Å². The summed E-state index contributed by atoms with van der Waals surface area (Å²) in [7, 11) is 0. The van der Waals surface area contributed by atoms with Crippen molar-refractivity contribution in [3.05, 3.63) is 59.4 Å². The fourth-order valence-corrected chi connectivity index (χ4v) is 1.64. The van der Waals surface area contributed by atoms with Crippen molar-refractivity contribution < 1.29 is 17.9 Å². The van der Waals surface area contributed by atoms with Crippen molar-refractivity contribution >= 4 is 0 Å². The minimum Gasteiger partial charge on any atom is -0.454 e. The second kappa shape index (κ2) is 5.32. The molecule has 0 bridgehead atoms. The van der Waals surface area contributed by atoms with Gasteiger partial charge in [-0.1, -0.05) is 0 Å². The van der Waals surface area contributed by atoms with E-state index in [4.69, 9.17) is 10.5 Å². The summed E-state index contributed by atoms with van der Waals surface area (Å²) in [6.45, 7) is 1.66. The molecule has 19 heavy (non-hydrogen) atoms. The first-order chi connectivity index (χ1) is 8.97. The van der Waals surface area contributed by atoms with Crippen LogP contribution in [0.2, 0.25) is 0 Å². The average Bonchev–Trinajstić information content (AvgIpc) is 2.34. The van der Waals surface area contributed by atoms with Gasteiger partial charge in [0.15, 0.2) is 11.6 Å². The lowest BCUT2D eigenvalue weighted by molar-refractivity contribution is 0.429. The Labute approximate surface area is 108 Å². The first-order valence-electron chi connectivity index (χ1n) is 5.65. The molecule has 2 aromatic carbocycles. The maximum Gasteiger partial charge on any atom is 0.168 e. The summed E-state index contributed by atoms with van der Waals surface area (Å²) in [5.41, 5.74) is 6.11. The Kier molecular flexibility index (Phi) is 3.76. The highest BCUT2D eigenvalue weighted by molar-refractivity contribution is 5.40. The van der Waals surface area contributed by atoms with Crippen LogP contribution in [0.5, 0.6) is 11.5 Å². The predicted octanol–water partition coefficient (Wildman–Crippen LogP) is 3.92. The van der Waals surface area contributed by atoms with Gasteiger partial charge in [0.25, 0.3) is 0 Å². The van der Waals surface area contributed by atoms with Crippen LogP contribution >= 0.6 is 0 Å². The van der Waals surface area contributed by atoms with E-state index in [1.54, 1.807) is 6.92 Å². The lowest BCUT2D eigenvalue weighted by Crippen LogP contribution is -2.07. The van der Waals surface area contributed by atoms with Gasteiger partial charge >= 0.3 is 0 Å². The molecule has 0 saturated carbocycles. The molecule has 2 N–H and O–H groups in total. The molecule has 0 amide bonds. The standard InChI is InChI=1S/C14H12F3NO/c1-8(18)11-6-9(15)2-4-13(11)19-14-5-3-10(16)7-12(14)17/h2-8H,18H2,1H3/t8-/m1/s1. The Balaban J connectivity index is 2.38. The van der Waals surface area contributed by atoms with Crippen molar-refractivity contribution in [2.45, 2.75) is 13.0 Å². The van der Waals surface area contributed by atoms with Gasteiger partial charge in [-0.3, -0.25) is 0 Å². The normalized spacial score (nSPS) is 12.3. The third kappa shape index (κ3) is 3.06. The molecule has 0 unspecified atom stereocenters. The molecule has 0 heterocycles. The van der Waals surface area contributed by atoms with Crippen LogP contribution in [-0.2, 0) is 0 Å². The van der Waals surface area contributed by atoms with Crippen LogP contribution in [0, 0.1) is 17.5 Å². The number of benzene rings is 2. The number of rotatable bonds is 3. The second-order valence-electron chi connectivity index (χ2n) is 4.15. The van der Waals surface area contributed by atoms with Crippen LogP contribution in [0.4, 0.5) is 13.2 Å². The fraction of sp³-hybridized carbons (Fsp3) is 0.143. The van der Waals surface area contributed by atoms with Crippen molar-refractivity contribution in [3.8, 4) is 11.5 Å². The minimum absolute atomic E-state index is 0.144. The Hall–Kier alpha value is -2.01. The van der Waals surface area contributed by atoms with E-state index in [1.807, 2.05) is 0 Å². The zero-order valence-corrected chi connectivity index (χ0v) is 10.2. The van der Waals surface area contributed by atoms with Gasteiger partial charge in [0, 0.05) is 17.7 Å². The number of ether oxygens (including phenoxy) is 1. The third-order valence-electron chi connectivity index (χ3n) is 2.58. The fourth-order valence-electron chi connectivity index (χ4n) is 1.64.